The van der Waals surface area contributed by atoms with E-state index in [1.54, 1.807) is 4.68 Å². The number of hydrogen-bond donors (Lipinski definition) is 1. The normalized spacial score (nSPS) is 21.1. The maximum atomic E-state index is 11.6. The van der Waals surface area contributed by atoms with E-state index in [4.69, 9.17) is 5.73 Å². The molecule has 1 aromatic carbocycles. The lowest BCUT2D eigenvalue weighted by atomic mass is 10.1. The number of nitrogen functional groups attached to an aromatic ring is 1. The van der Waals surface area contributed by atoms with Crippen LogP contribution in [0.2, 0.25) is 0 Å². The Balaban J connectivity index is 2.03. The molecule has 1 aliphatic heterocycles. The zero-order valence-electron chi connectivity index (χ0n) is 11.3. The molecule has 1 saturated heterocycles. The van der Waals surface area contributed by atoms with Gasteiger partial charge in [0.15, 0.2) is 9.84 Å². The summed E-state index contributed by atoms with van der Waals surface area (Å²) in [4.78, 5) is 0. The zero-order chi connectivity index (χ0) is 14.3. The first-order chi connectivity index (χ1) is 9.48. The highest BCUT2D eigenvalue weighted by atomic mass is 32.2. The Bertz CT molecular complexity index is 735. The molecule has 1 aliphatic rings. The average Bonchev–Trinajstić information content (AvgIpc) is 2.93. The van der Waals surface area contributed by atoms with E-state index in [1.807, 2.05) is 37.3 Å². The van der Waals surface area contributed by atoms with Crippen molar-refractivity contribution < 1.29 is 8.42 Å². The summed E-state index contributed by atoms with van der Waals surface area (Å²) in [7, 11) is -2.94. The van der Waals surface area contributed by atoms with Crippen LogP contribution >= 0.6 is 0 Å². The number of rotatable bonds is 2. The predicted octanol–water partition coefficient (Wildman–Crippen LogP) is 1.80. The SMILES string of the molecule is Cc1c(-c2ccccc2)nn(C2CCS(=O)(=O)C2)c1N. The van der Waals surface area contributed by atoms with Crippen LogP contribution in [-0.4, -0.2) is 29.7 Å². The molecule has 106 valence electrons. The van der Waals surface area contributed by atoms with Gasteiger partial charge >= 0.3 is 0 Å². The van der Waals surface area contributed by atoms with Crippen molar-refractivity contribution in [3.63, 3.8) is 0 Å². The molecule has 1 fully saturated rings. The summed E-state index contributed by atoms with van der Waals surface area (Å²) in [5, 5.41) is 4.55. The van der Waals surface area contributed by atoms with E-state index in [9.17, 15) is 8.42 Å². The van der Waals surface area contributed by atoms with Gasteiger partial charge in [-0.1, -0.05) is 30.3 Å². The lowest BCUT2D eigenvalue weighted by Crippen LogP contribution is -2.14. The summed E-state index contributed by atoms with van der Waals surface area (Å²) >= 11 is 0. The smallest absolute Gasteiger partial charge is 0.152 e. The van der Waals surface area contributed by atoms with E-state index in [0.29, 0.717) is 12.2 Å². The highest BCUT2D eigenvalue weighted by molar-refractivity contribution is 7.91. The highest BCUT2D eigenvalue weighted by Gasteiger charge is 2.31. The van der Waals surface area contributed by atoms with Crippen molar-refractivity contribution >= 4 is 15.7 Å². The highest BCUT2D eigenvalue weighted by Crippen LogP contribution is 2.32. The van der Waals surface area contributed by atoms with Crippen molar-refractivity contribution in [3.05, 3.63) is 35.9 Å². The van der Waals surface area contributed by atoms with E-state index in [2.05, 4.69) is 5.10 Å². The molecule has 5 nitrogen and oxygen atoms in total. The molecule has 0 aliphatic carbocycles. The van der Waals surface area contributed by atoms with Gasteiger partial charge in [-0.2, -0.15) is 5.10 Å². The Labute approximate surface area is 118 Å². The van der Waals surface area contributed by atoms with Gasteiger partial charge in [0, 0.05) is 11.1 Å². The molecular weight excluding hydrogens is 274 g/mol. The van der Waals surface area contributed by atoms with Crippen LogP contribution in [0.4, 0.5) is 5.82 Å². The summed E-state index contributed by atoms with van der Waals surface area (Å²) in [6.45, 7) is 1.92. The van der Waals surface area contributed by atoms with Gasteiger partial charge in [-0.15, -0.1) is 0 Å². The van der Waals surface area contributed by atoms with Crippen LogP contribution in [0.1, 0.15) is 18.0 Å². The molecule has 6 heteroatoms. The number of nitrogens with two attached hydrogens (primary N) is 1. The Hall–Kier alpha value is -1.82. The second-order valence-corrected chi connectivity index (χ2v) is 7.46. The average molecular weight is 291 g/mol. The lowest BCUT2D eigenvalue weighted by Gasteiger charge is -2.10. The minimum Gasteiger partial charge on any atom is -0.384 e. The molecule has 0 saturated carbocycles. The second-order valence-electron chi connectivity index (χ2n) is 5.23. The first kappa shape index (κ1) is 13.2. The fourth-order valence-corrected chi connectivity index (χ4v) is 4.34. The minimum atomic E-state index is -2.94. The van der Waals surface area contributed by atoms with Crippen LogP contribution in [0.5, 0.6) is 0 Å². The number of benzene rings is 1. The van der Waals surface area contributed by atoms with Gasteiger partial charge in [-0.05, 0) is 13.3 Å². The van der Waals surface area contributed by atoms with Crippen LogP contribution in [0.3, 0.4) is 0 Å². The third-order valence-corrected chi connectivity index (χ3v) is 5.55. The lowest BCUT2D eigenvalue weighted by molar-refractivity contribution is 0.508. The standard InChI is InChI=1S/C14H17N3O2S/c1-10-13(11-5-3-2-4-6-11)16-17(14(10)15)12-7-8-20(18,19)9-12/h2-6,12H,7-9,15H2,1H3. The molecule has 0 bridgehead atoms. The monoisotopic (exact) mass is 291 g/mol. The number of sulfone groups is 1. The zero-order valence-corrected chi connectivity index (χ0v) is 12.1. The second kappa shape index (κ2) is 4.63. The number of aromatic nitrogens is 2. The van der Waals surface area contributed by atoms with Crippen LogP contribution < -0.4 is 5.73 Å². The molecular formula is C14H17N3O2S. The van der Waals surface area contributed by atoms with Crippen molar-refractivity contribution in [2.24, 2.45) is 0 Å². The number of hydrogen-bond acceptors (Lipinski definition) is 4. The Morgan fingerprint density at radius 3 is 2.60 bits per heavy atom. The summed E-state index contributed by atoms with van der Waals surface area (Å²) in [5.41, 5.74) is 8.84. The minimum absolute atomic E-state index is 0.131. The van der Waals surface area contributed by atoms with Gasteiger partial charge in [-0.25, -0.2) is 13.1 Å². The number of nitrogens with zero attached hydrogens (tertiary/aromatic N) is 2. The Kier molecular flexibility index (Phi) is 3.05. The van der Waals surface area contributed by atoms with Gasteiger partial charge in [0.1, 0.15) is 5.82 Å². The van der Waals surface area contributed by atoms with E-state index >= 15 is 0 Å². The van der Waals surface area contributed by atoms with Gasteiger partial charge in [-0.3, -0.25) is 0 Å². The van der Waals surface area contributed by atoms with Crippen molar-refractivity contribution in [2.45, 2.75) is 19.4 Å². The topological polar surface area (TPSA) is 78.0 Å². The fraction of sp³-hybridized carbons (Fsp3) is 0.357. The van der Waals surface area contributed by atoms with E-state index in [0.717, 1.165) is 16.8 Å². The van der Waals surface area contributed by atoms with Gasteiger partial charge in [0.2, 0.25) is 0 Å². The van der Waals surface area contributed by atoms with E-state index in [1.165, 1.54) is 0 Å². The molecule has 2 heterocycles. The van der Waals surface area contributed by atoms with Crippen LogP contribution in [0.25, 0.3) is 11.3 Å². The molecule has 2 aromatic rings. The molecule has 0 radical (unpaired) electrons. The Morgan fingerprint density at radius 1 is 1.30 bits per heavy atom. The molecule has 0 spiro atoms. The summed E-state index contributed by atoms with van der Waals surface area (Å²) in [6, 6.07) is 9.65. The van der Waals surface area contributed by atoms with E-state index < -0.39 is 9.84 Å². The van der Waals surface area contributed by atoms with Gasteiger partial charge in [0.25, 0.3) is 0 Å². The first-order valence-electron chi connectivity index (χ1n) is 6.58. The van der Waals surface area contributed by atoms with Gasteiger partial charge in [0.05, 0.1) is 23.2 Å². The van der Waals surface area contributed by atoms with Crippen LogP contribution in [0.15, 0.2) is 30.3 Å². The first-order valence-corrected chi connectivity index (χ1v) is 8.40. The van der Waals surface area contributed by atoms with Crippen molar-refractivity contribution in [1.82, 2.24) is 9.78 Å². The third-order valence-electron chi connectivity index (χ3n) is 3.80. The molecule has 1 unspecified atom stereocenters. The molecule has 1 aromatic heterocycles. The summed E-state index contributed by atoms with van der Waals surface area (Å²) in [5.74, 6) is 0.911. The molecule has 0 amide bonds. The Morgan fingerprint density at radius 2 is 2.00 bits per heavy atom. The quantitative estimate of drug-likeness (QED) is 0.915. The molecule has 3 rings (SSSR count). The predicted molar refractivity (Wildman–Crippen MR) is 79.1 cm³/mol. The molecule has 20 heavy (non-hydrogen) atoms. The van der Waals surface area contributed by atoms with Crippen LogP contribution in [-0.2, 0) is 9.84 Å². The maximum Gasteiger partial charge on any atom is 0.152 e. The number of anilines is 1. The van der Waals surface area contributed by atoms with Gasteiger partial charge < -0.3 is 5.73 Å². The molecule has 1 atom stereocenters. The fourth-order valence-electron chi connectivity index (χ4n) is 2.65. The largest absolute Gasteiger partial charge is 0.384 e. The summed E-state index contributed by atoms with van der Waals surface area (Å²) in [6.07, 6.45) is 0.585. The molecule has 2 N–H and O–H groups in total. The van der Waals surface area contributed by atoms with E-state index in [-0.39, 0.29) is 17.5 Å². The van der Waals surface area contributed by atoms with Crippen molar-refractivity contribution in [1.29, 1.82) is 0 Å². The van der Waals surface area contributed by atoms with Crippen LogP contribution in [0, 0.1) is 6.92 Å². The van der Waals surface area contributed by atoms with Crippen molar-refractivity contribution in [3.8, 4) is 11.3 Å². The summed E-state index contributed by atoms with van der Waals surface area (Å²) < 4.78 is 24.9. The van der Waals surface area contributed by atoms with Crippen molar-refractivity contribution in [2.75, 3.05) is 17.2 Å². The third kappa shape index (κ3) is 2.20. The maximum absolute atomic E-state index is 11.6.